The summed E-state index contributed by atoms with van der Waals surface area (Å²) in [7, 11) is 0. The van der Waals surface area contributed by atoms with Gasteiger partial charge in [0.05, 0.1) is 0 Å². The van der Waals surface area contributed by atoms with Crippen molar-refractivity contribution in [2.24, 2.45) is 5.92 Å². The lowest BCUT2D eigenvalue weighted by atomic mass is 10.0. The molecule has 0 spiro atoms. The monoisotopic (exact) mass is 217 g/mol. The van der Waals surface area contributed by atoms with E-state index in [4.69, 9.17) is 0 Å². The topological polar surface area (TPSA) is 12.0 Å². The highest BCUT2D eigenvalue weighted by Gasteiger charge is 2.19. The Labute approximate surface area is 99.3 Å². The largest absolute Gasteiger partial charge is 0.314 e. The molecule has 0 aliphatic heterocycles. The fourth-order valence-electron chi connectivity index (χ4n) is 2.02. The Morgan fingerprint density at radius 1 is 1.12 bits per heavy atom. The van der Waals surface area contributed by atoms with Crippen molar-refractivity contribution in [3.8, 4) is 0 Å². The Balaban J connectivity index is 1.76. The average Bonchev–Trinajstić information content (AvgIpc) is 3.04. The van der Waals surface area contributed by atoms with Gasteiger partial charge >= 0.3 is 0 Å². The molecule has 0 saturated heterocycles. The lowest BCUT2D eigenvalue weighted by molar-refractivity contribution is 0.646. The Hall–Kier alpha value is -0.820. The Bertz CT molecular complexity index is 309. The molecule has 1 aromatic rings. The summed E-state index contributed by atoms with van der Waals surface area (Å²) >= 11 is 0. The maximum absolute atomic E-state index is 3.55. The number of hydrogen-bond donors (Lipinski definition) is 1. The lowest BCUT2D eigenvalue weighted by Gasteiger charge is -2.07. The molecular weight excluding hydrogens is 194 g/mol. The zero-order valence-corrected chi connectivity index (χ0v) is 10.5. The minimum Gasteiger partial charge on any atom is -0.314 e. The Morgan fingerprint density at radius 3 is 2.31 bits per heavy atom. The van der Waals surface area contributed by atoms with E-state index in [1.54, 1.807) is 0 Å². The third-order valence-corrected chi connectivity index (χ3v) is 3.09. The molecule has 1 aliphatic carbocycles. The summed E-state index contributed by atoms with van der Waals surface area (Å²) in [6.07, 6.45) is 5.12. The van der Waals surface area contributed by atoms with Crippen LogP contribution in [0.5, 0.6) is 0 Å². The van der Waals surface area contributed by atoms with Crippen molar-refractivity contribution in [1.29, 1.82) is 0 Å². The maximum Gasteiger partial charge on any atom is 0.00683 e. The van der Waals surface area contributed by atoms with Crippen molar-refractivity contribution in [1.82, 2.24) is 5.32 Å². The second-order valence-corrected chi connectivity index (χ2v) is 5.39. The van der Waals surface area contributed by atoms with Crippen LogP contribution in [0.4, 0.5) is 0 Å². The number of hydrogen-bond acceptors (Lipinski definition) is 1. The summed E-state index contributed by atoms with van der Waals surface area (Å²) < 4.78 is 0. The Morgan fingerprint density at radius 2 is 1.75 bits per heavy atom. The predicted molar refractivity (Wildman–Crippen MR) is 69.7 cm³/mol. The number of benzene rings is 1. The second-order valence-electron chi connectivity index (χ2n) is 5.39. The molecule has 1 N–H and O–H groups in total. The van der Waals surface area contributed by atoms with Crippen LogP contribution in [0.2, 0.25) is 0 Å². The summed E-state index contributed by atoms with van der Waals surface area (Å²) in [5.74, 6) is 0.752. The fourth-order valence-corrected chi connectivity index (χ4v) is 2.02. The van der Waals surface area contributed by atoms with Crippen LogP contribution in [0.3, 0.4) is 0 Å². The van der Waals surface area contributed by atoms with E-state index in [1.807, 2.05) is 0 Å². The minimum absolute atomic E-state index is 0.752. The summed E-state index contributed by atoms with van der Waals surface area (Å²) in [5.41, 5.74) is 2.93. The van der Waals surface area contributed by atoms with Crippen molar-refractivity contribution in [2.75, 3.05) is 6.54 Å². The third kappa shape index (κ3) is 3.97. The first-order valence-electron chi connectivity index (χ1n) is 6.55. The van der Waals surface area contributed by atoms with Crippen LogP contribution in [0.1, 0.15) is 37.8 Å². The molecule has 2 rings (SSSR count). The smallest absolute Gasteiger partial charge is 0.00683 e. The molecule has 1 aliphatic rings. The first-order chi connectivity index (χ1) is 7.74. The lowest BCUT2D eigenvalue weighted by Crippen LogP contribution is -2.19. The summed E-state index contributed by atoms with van der Waals surface area (Å²) in [6.45, 7) is 5.68. The van der Waals surface area contributed by atoms with Crippen LogP contribution in [0.25, 0.3) is 0 Å². The van der Waals surface area contributed by atoms with Gasteiger partial charge in [-0.15, -0.1) is 0 Å². The maximum atomic E-state index is 3.55. The van der Waals surface area contributed by atoms with Crippen LogP contribution >= 0.6 is 0 Å². The summed E-state index contributed by atoms with van der Waals surface area (Å²) in [4.78, 5) is 0. The van der Waals surface area contributed by atoms with Crippen molar-refractivity contribution in [3.63, 3.8) is 0 Å². The van der Waals surface area contributed by atoms with Gasteiger partial charge in [-0.25, -0.2) is 0 Å². The van der Waals surface area contributed by atoms with E-state index >= 15 is 0 Å². The van der Waals surface area contributed by atoms with Crippen LogP contribution in [-0.2, 0) is 12.8 Å². The molecular formula is C15H23N. The predicted octanol–water partition coefficient (Wildman–Crippen LogP) is 3.18. The standard InChI is InChI=1S/C15H23N/c1-12(2)11-14-5-3-13(4-6-14)9-10-16-15-7-8-15/h3-6,12,15-16H,7-11H2,1-2H3. The molecule has 1 saturated carbocycles. The van der Waals surface area contributed by atoms with Gasteiger partial charge < -0.3 is 5.32 Å². The average molecular weight is 217 g/mol. The Kier molecular flexibility index (Phi) is 4.00. The van der Waals surface area contributed by atoms with Crippen molar-refractivity contribution in [3.05, 3.63) is 35.4 Å². The van der Waals surface area contributed by atoms with E-state index in [0.717, 1.165) is 18.5 Å². The zero-order chi connectivity index (χ0) is 11.4. The zero-order valence-electron chi connectivity index (χ0n) is 10.5. The molecule has 1 fully saturated rings. The van der Waals surface area contributed by atoms with Crippen molar-refractivity contribution >= 4 is 0 Å². The van der Waals surface area contributed by atoms with Crippen molar-refractivity contribution in [2.45, 2.75) is 45.6 Å². The van der Waals surface area contributed by atoms with E-state index in [2.05, 4.69) is 43.4 Å². The fraction of sp³-hybridized carbons (Fsp3) is 0.600. The quantitative estimate of drug-likeness (QED) is 0.771. The highest BCUT2D eigenvalue weighted by atomic mass is 14.9. The van der Waals surface area contributed by atoms with Gasteiger partial charge in [-0.05, 0) is 49.3 Å². The van der Waals surface area contributed by atoms with Gasteiger partial charge in [0.25, 0.3) is 0 Å². The first kappa shape index (κ1) is 11.7. The minimum atomic E-state index is 0.752. The van der Waals surface area contributed by atoms with Crippen LogP contribution in [0, 0.1) is 5.92 Å². The van der Waals surface area contributed by atoms with E-state index in [9.17, 15) is 0 Å². The van der Waals surface area contributed by atoms with Gasteiger partial charge in [0.15, 0.2) is 0 Å². The summed E-state index contributed by atoms with van der Waals surface area (Å²) in [5, 5.41) is 3.55. The molecule has 0 aromatic heterocycles. The second kappa shape index (κ2) is 5.49. The van der Waals surface area contributed by atoms with Crippen LogP contribution in [0.15, 0.2) is 24.3 Å². The van der Waals surface area contributed by atoms with E-state index in [0.29, 0.717) is 0 Å². The van der Waals surface area contributed by atoms with Crippen molar-refractivity contribution < 1.29 is 0 Å². The molecule has 88 valence electrons. The molecule has 0 heterocycles. The van der Waals surface area contributed by atoms with Gasteiger partial charge in [-0.3, -0.25) is 0 Å². The van der Waals surface area contributed by atoms with Gasteiger partial charge in [0, 0.05) is 6.04 Å². The van der Waals surface area contributed by atoms with Gasteiger partial charge in [-0.2, -0.15) is 0 Å². The number of nitrogens with one attached hydrogen (secondary N) is 1. The van der Waals surface area contributed by atoms with E-state index in [-0.39, 0.29) is 0 Å². The normalized spacial score (nSPS) is 15.7. The first-order valence-corrected chi connectivity index (χ1v) is 6.55. The highest BCUT2D eigenvalue weighted by Crippen LogP contribution is 2.18. The molecule has 1 nitrogen and oxygen atoms in total. The highest BCUT2D eigenvalue weighted by molar-refractivity contribution is 5.23. The molecule has 1 aromatic carbocycles. The third-order valence-electron chi connectivity index (χ3n) is 3.09. The molecule has 0 bridgehead atoms. The molecule has 0 amide bonds. The molecule has 16 heavy (non-hydrogen) atoms. The molecule has 0 radical (unpaired) electrons. The van der Waals surface area contributed by atoms with Crippen LogP contribution < -0.4 is 5.32 Å². The van der Waals surface area contributed by atoms with E-state index < -0.39 is 0 Å². The molecule has 1 heteroatoms. The summed E-state index contributed by atoms with van der Waals surface area (Å²) in [6, 6.07) is 9.97. The van der Waals surface area contributed by atoms with Gasteiger partial charge in [0.1, 0.15) is 0 Å². The molecule has 0 unspecified atom stereocenters. The van der Waals surface area contributed by atoms with E-state index in [1.165, 1.54) is 36.8 Å². The number of rotatable bonds is 6. The van der Waals surface area contributed by atoms with Crippen LogP contribution in [-0.4, -0.2) is 12.6 Å². The SMILES string of the molecule is CC(C)Cc1ccc(CCNC2CC2)cc1. The van der Waals surface area contributed by atoms with Gasteiger partial charge in [-0.1, -0.05) is 38.1 Å². The van der Waals surface area contributed by atoms with Gasteiger partial charge in [0.2, 0.25) is 0 Å². The molecule has 0 atom stereocenters.